The van der Waals surface area contributed by atoms with Crippen molar-refractivity contribution in [3.63, 3.8) is 0 Å². The lowest BCUT2D eigenvalue weighted by Crippen LogP contribution is -2.31. The number of aliphatic hydroxyl groups excluding tert-OH is 2. The van der Waals surface area contributed by atoms with Crippen LogP contribution in [0.5, 0.6) is 0 Å². The fourth-order valence-electron chi connectivity index (χ4n) is 1.68. The minimum Gasteiger partial charge on any atom is -0.388 e. The molecule has 86 valence electrons. The molecule has 6 heteroatoms. The Morgan fingerprint density at radius 3 is 2.50 bits per heavy atom. The van der Waals surface area contributed by atoms with E-state index in [-0.39, 0.29) is 24.3 Å². The van der Waals surface area contributed by atoms with Gasteiger partial charge in [0.1, 0.15) is 5.69 Å². The number of aromatic amines is 1. The summed E-state index contributed by atoms with van der Waals surface area (Å²) in [6, 6.07) is 4.28. The lowest BCUT2D eigenvalue weighted by molar-refractivity contribution is 0.0572. The van der Waals surface area contributed by atoms with Gasteiger partial charge in [-0.3, -0.25) is 9.59 Å². The number of aliphatic hydroxyl groups is 2. The third-order valence-electron chi connectivity index (χ3n) is 2.55. The zero-order chi connectivity index (χ0) is 11.7. The number of hydrogen-bond donors (Lipinski definition) is 3. The first-order valence-electron chi connectivity index (χ1n) is 4.92. The average molecular weight is 224 g/mol. The first-order valence-corrected chi connectivity index (χ1v) is 4.92. The Hall–Kier alpha value is -1.66. The summed E-state index contributed by atoms with van der Waals surface area (Å²) >= 11 is 0. The number of aromatic nitrogens is 1. The van der Waals surface area contributed by atoms with Crippen LogP contribution in [-0.4, -0.2) is 51.3 Å². The molecule has 0 bridgehead atoms. The maximum Gasteiger partial charge on any atom is 0.270 e. The molecule has 2 heterocycles. The van der Waals surface area contributed by atoms with Crippen LogP contribution in [0.2, 0.25) is 0 Å². The molecule has 16 heavy (non-hydrogen) atoms. The molecule has 1 aromatic rings. The molecule has 1 aromatic heterocycles. The summed E-state index contributed by atoms with van der Waals surface area (Å²) in [5, 5.41) is 18.6. The SMILES string of the molecule is O=C(c1cccc(=O)[nH]1)N1C[C@@H](O)[C@@H](O)C1. The molecule has 2 rings (SSSR count). The molecular weight excluding hydrogens is 212 g/mol. The molecule has 0 spiro atoms. The second kappa shape index (κ2) is 4.07. The molecule has 0 unspecified atom stereocenters. The normalized spacial score (nSPS) is 24.8. The standard InChI is InChI=1S/C10H12N2O4/c13-7-4-12(5-8(7)14)10(16)6-2-1-3-9(15)11-6/h1-3,7-8,13-14H,4-5H2,(H,11,15)/t7-,8+. The smallest absolute Gasteiger partial charge is 0.270 e. The Morgan fingerprint density at radius 1 is 1.31 bits per heavy atom. The summed E-state index contributed by atoms with van der Waals surface area (Å²) in [6.45, 7) is 0.161. The van der Waals surface area contributed by atoms with E-state index in [0.29, 0.717) is 0 Å². The number of H-pyrrole nitrogens is 1. The number of rotatable bonds is 1. The summed E-state index contributed by atoms with van der Waals surface area (Å²) in [6.07, 6.45) is -1.83. The molecule has 1 amide bonds. The van der Waals surface area contributed by atoms with Gasteiger partial charge < -0.3 is 20.1 Å². The Labute approximate surface area is 91.1 Å². The van der Waals surface area contributed by atoms with E-state index in [9.17, 15) is 19.8 Å². The van der Waals surface area contributed by atoms with Crippen LogP contribution in [0.3, 0.4) is 0 Å². The third-order valence-corrected chi connectivity index (χ3v) is 2.55. The monoisotopic (exact) mass is 224 g/mol. The van der Waals surface area contributed by atoms with E-state index in [1.807, 2.05) is 0 Å². The van der Waals surface area contributed by atoms with Crippen LogP contribution in [-0.2, 0) is 0 Å². The second-order valence-corrected chi connectivity index (χ2v) is 3.77. The van der Waals surface area contributed by atoms with Crippen LogP contribution in [0, 0.1) is 0 Å². The summed E-state index contributed by atoms with van der Waals surface area (Å²) in [7, 11) is 0. The van der Waals surface area contributed by atoms with Crippen molar-refractivity contribution in [2.24, 2.45) is 0 Å². The minimum absolute atomic E-state index is 0.0803. The maximum absolute atomic E-state index is 11.8. The zero-order valence-electron chi connectivity index (χ0n) is 8.46. The predicted molar refractivity (Wildman–Crippen MR) is 55.0 cm³/mol. The number of nitrogens with zero attached hydrogens (tertiary/aromatic N) is 1. The van der Waals surface area contributed by atoms with Crippen LogP contribution >= 0.6 is 0 Å². The van der Waals surface area contributed by atoms with Gasteiger partial charge in [0.05, 0.1) is 12.2 Å². The van der Waals surface area contributed by atoms with E-state index in [2.05, 4.69) is 4.98 Å². The van der Waals surface area contributed by atoms with Gasteiger partial charge in [-0.1, -0.05) is 6.07 Å². The van der Waals surface area contributed by atoms with Gasteiger partial charge in [0.25, 0.3) is 5.91 Å². The molecule has 3 N–H and O–H groups in total. The van der Waals surface area contributed by atoms with Crippen molar-refractivity contribution < 1.29 is 15.0 Å². The van der Waals surface area contributed by atoms with E-state index in [4.69, 9.17) is 0 Å². The van der Waals surface area contributed by atoms with Gasteiger partial charge in [0, 0.05) is 19.2 Å². The van der Waals surface area contributed by atoms with Crippen molar-refractivity contribution in [2.75, 3.05) is 13.1 Å². The van der Waals surface area contributed by atoms with Crippen molar-refractivity contribution >= 4 is 5.91 Å². The summed E-state index contributed by atoms with van der Waals surface area (Å²) < 4.78 is 0. The predicted octanol–water partition coefficient (Wildman–Crippen LogP) is -1.45. The van der Waals surface area contributed by atoms with Gasteiger partial charge in [-0.2, -0.15) is 0 Å². The molecule has 2 atom stereocenters. The highest BCUT2D eigenvalue weighted by Crippen LogP contribution is 2.12. The lowest BCUT2D eigenvalue weighted by atomic mass is 10.3. The molecule has 0 radical (unpaired) electrons. The molecule has 0 saturated carbocycles. The van der Waals surface area contributed by atoms with Crippen molar-refractivity contribution in [2.45, 2.75) is 12.2 Å². The number of nitrogens with one attached hydrogen (secondary N) is 1. The zero-order valence-corrected chi connectivity index (χ0v) is 8.46. The Morgan fingerprint density at radius 2 is 1.94 bits per heavy atom. The first-order chi connectivity index (χ1) is 7.58. The Kier molecular flexibility index (Phi) is 2.76. The molecule has 6 nitrogen and oxygen atoms in total. The van der Waals surface area contributed by atoms with Gasteiger partial charge in [0.2, 0.25) is 5.56 Å². The maximum atomic E-state index is 11.8. The number of carbonyl (C=O) groups is 1. The number of pyridine rings is 1. The molecule has 0 aromatic carbocycles. The Balaban J connectivity index is 2.18. The van der Waals surface area contributed by atoms with Gasteiger partial charge in [0.15, 0.2) is 0 Å². The fraction of sp³-hybridized carbons (Fsp3) is 0.400. The van der Waals surface area contributed by atoms with Gasteiger partial charge >= 0.3 is 0 Å². The molecule has 0 aliphatic carbocycles. The van der Waals surface area contributed by atoms with Gasteiger partial charge in [-0.15, -0.1) is 0 Å². The van der Waals surface area contributed by atoms with Gasteiger partial charge in [-0.05, 0) is 6.07 Å². The highest BCUT2D eigenvalue weighted by Gasteiger charge is 2.33. The molecule has 1 aliphatic rings. The van der Waals surface area contributed by atoms with E-state index < -0.39 is 18.1 Å². The van der Waals surface area contributed by atoms with Crippen molar-refractivity contribution in [3.05, 3.63) is 34.2 Å². The second-order valence-electron chi connectivity index (χ2n) is 3.77. The minimum atomic E-state index is -0.917. The number of likely N-dealkylation sites (tertiary alicyclic amines) is 1. The summed E-state index contributed by atoms with van der Waals surface area (Å²) in [5.74, 6) is -0.395. The number of amides is 1. The topological polar surface area (TPSA) is 93.6 Å². The molecule has 1 saturated heterocycles. The molecular formula is C10H12N2O4. The molecule has 1 aliphatic heterocycles. The lowest BCUT2D eigenvalue weighted by Gasteiger charge is -2.14. The highest BCUT2D eigenvalue weighted by atomic mass is 16.3. The van der Waals surface area contributed by atoms with E-state index in [0.717, 1.165) is 0 Å². The van der Waals surface area contributed by atoms with Crippen LogP contribution in [0.15, 0.2) is 23.0 Å². The van der Waals surface area contributed by atoms with Crippen LogP contribution in [0.1, 0.15) is 10.5 Å². The van der Waals surface area contributed by atoms with E-state index >= 15 is 0 Å². The van der Waals surface area contributed by atoms with E-state index in [1.54, 1.807) is 0 Å². The van der Waals surface area contributed by atoms with Crippen molar-refractivity contribution in [1.29, 1.82) is 0 Å². The summed E-state index contributed by atoms with van der Waals surface area (Å²) in [4.78, 5) is 26.5. The quantitative estimate of drug-likeness (QED) is 0.544. The van der Waals surface area contributed by atoms with Gasteiger partial charge in [-0.25, -0.2) is 0 Å². The average Bonchev–Trinajstić information content (AvgIpc) is 2.58. The van der Waals surface area contributed by atoms with Crippen molar-refractivity contribution in [3.8, 4) is 0 Å². The van der Waals surface area contributed by atoms with E-state index in [1.165, 1.54) is 23.1 Å². The number of β-amino-alcohol motifs (C(OH)–C–C–N with tert-alkyl or cyclic N) is 2. The number of carbonyl (C=O) groups excluding carboxylic acids is 1. The van der Waals surface area contributed by atoms with Crippen LogP contribution < -0.4 is 5.56 Å². The third kappa shape index (κ3) is 1.98. The number of hydrogen-bond acceptors (Lipinski definition) is 4. The summed E-state index contributed by atoms with van der Waals surface area (Å²) in [5.41, 5.74) is -0.194. The van der Waals surface area contributed by atoms with Crippen LogP contribution in [0.25, 0.3) is 0 Å². The Bertz CT molecular complexity index is 446. The largest absolute Gasteiger partial charge is 0.388 e. The highest BCUT2D eigenvalue weighted by molar-refractivity contribution is 5.92. The first kappa shape index (κ1) is 10.8. The van der Waals surface area contributed by atoms with Crippen LogP contribution in [0.4, 0.5) is 0 Å². The van der Waals surface area contributed by atoms with Crippen molar-refractivity contribution in [1.82, 2.24) is 9.88 Å². The fourth-order valence-corrected chi connectivity index (χ4v) is 1.68. The molecule has 1 fully saturated rings.